The number of hydrogen-bond acceptors (Lipinski definition) is 0. The van der Waals surface area contributed by atoms with Gasteiger partial charge in [-0.2, -0.15) is 0 Å². The third-order valence-electron chi connectivity index (χ3n) is 4.30. The molecule has 120 valence electrons. The molecule has 22 heavy (non-hydrogen) atoms. The van der Waals surface area contributed by atoms with E-state index in [9.17, 15) is 0 Å². The molecular formula is C20H28ClN. The average molecular weight is 318 g/mol. The van der Waals surface area contributed by atoms with Crippen LogP contribution in [0.3, 0.4) is 0 Å². The van der Waals surface area contributed by atoms with Crippen molar-refractivity contribution in [1.29, 1.82) is 0 Å². The number of para-hydroxylation sites is 1. The lowest BCUT2D eigenvalue weighted by Gasteiger charge is -2.29. The molecule has 0 N–H and O–H groups in total. The number of benzene rings is 2. The molecule has 0 saturated heterocycles. The second-order valence-electron chi connectivity index (χ2n) is 6.61. The van der Waals surface area contributed by atoms with Gasteiger partial charge in [-0.05, 0) is 30.0 Å². The van der Waals surface area contributed by atoms with Crippen LogP contribution in [-0.4, -0.2) is 14.1 Å². The fourth-order valence-electron chi connectivity index (χ4n) is 2.93. The van der Waals surface area contributed by atoms with Gasteiger partial charge >= 0.3 is 0 Å². The highest BCUT2D eigenvalue weighted by Crippen LogP contribution is 2.24. The van der Waals surface area contributed by atoms with E-state index in [0.29, 0.717) is 5.92 Å². The quantitative estimate of drug-likeness (QED) is 0.718. The molecule has 1 nitrogen and oxygen atoms in total. The summed E-state index contributed by atoms with van der Waals surface area (Å²) < 4.78 is 0.880. The average Bonchev–Trinajstić information content (AvgIpc) is 2.49. The van der Waals surface area contributed by atoms with Crippen LogP contribution >= 0.6 is 0 Å². The molecule has 2 heteroatoms. The van der Waals surface area contributed by atoms with Crippen LogP contribution in [-0.2, 0) is 6.54 Å². The van der Waals surface area contributed by atoms with Gasteiger partial charge in [-0.1, -0.05) is 62.7 Å². The van der Waals surface area contributed by atoms with Crippen molar-refractivity contribution in [2.75, 3.05) is 14.1 Å². The Morgan fingerprint density at radius 2 is 1.50 bits per heavy atom. The number of hydrogen-bond donors (Lipinski definition) is 0. The zero-order valence-electron chi connectivity index (χ0n) is 14.2. The molecule has 1 atom stereocenters. The Kier molecular flexibility index (Phi) is 7.12. The van der Waals surface area contributed by atoms with E-state index in [2.05, 4.69) is 82.5 Å². The van der Waals surface area contributed by atoms with Gasteiger partial charge < -0.3 is 12.4 Å². The normalized spacial score (nSPS) is 12.5. The van der Waals surface area contributed by atoms with Crippen molar-refractivity contribution in [3.8, 4) is 0 Å². The fraction of sp³-hybridized carbons (Fsp3) is 0.400. The third-order valence-corrected chi connectivity index (χ3v) is 4.30. The van der Waals surface area contributed by atoms with Gasteiger partial charge in [-0.15, -0.1) is 0 Å². The summed E-state index contributed by atoms with van der Waals surface area (Å²) in [6.45, 7) is 5.60. The molecule has 2 rings (SSSR count). The maximum absolute atomic E-state index is 2.32. The largest absolute Gasteiger partial charge is 1.00 e. The maximum Gasteiger partial charge on any atom is 0.132 e. The van der Waals surface area contributed by atoms with Crippen molar-refractivity contribution in [2.24, 2.45) is 0 Å². The van der Waals surface area contributed by atoms with Gasteiger partial charge in [0.1, 0.15) is 12.2 Å². The summed E-state index contributed by atoms with van der Waals surface area (Å²) in [5, 5.41) is 0. The molecular weight excluding hydrogens is 290 g/mol. The van der Waals surface area contributed by atoms with E-state index in [4.69, 9.17) is 0 Å². The number of quaternary nitrogens is 1. The van der Waals surface area contributed by atoms with E-state index in [1.165, 1.54) is 29.7 Å². The maximum atomic E-state index is 2.32. The molecule has 1 unspecified atom stereocenters. The summed E-state index contributed by atoms with van der Waals surface area (Å²) in [4.78, 5) is 0. The number of nitrogens with zero attached hydrogens (tertiary/aromatic N) is 1. The highest BCUT2D eigenvalue weighted by molar-refractivity contribution is 5.42. The lowest BCUT2D eigenvalue weighted by atomic mass is 9.95. The van der Waals surface area contributed by atoms with Gasteiger partial charge in [0.25, 0.3) is 0 Å². The molecule has 0 fully saturated rings. The smallest absolute Gasteiger partial charge is 0.132 e. The first-order chi connectivity index (χ1) is 10.0. The van der Waals surface area contributed by atoms with Crippen LogP contribution in [0.5, 0.6) is 0 Å². The van der Waals surface area contributed by atoms with Crippen molar-refractivity contribution in [3.05, 3.63) is 65.7 Å². The van der Waals surface area contributed by atoms with Crippen LogP contribution < -0.4 is 16.9 Å². The fourth-order valence-corrected chi connectivity index (χ4v) is 2.93. The van der Waals surface area contributed by atoms with E-state index in [-0.39, 0.29) is 12.4 Å². The molecule has 0 radical (unpaired) electrons. The first kappa shape index (κ1) is 18.7. The van der Waals surface area contributed by atoms with Crippen molar-refractivity contribution in [2.45, 2.75) is 39.2 Å². The molecule has 2 aromatic carbocycles. The van der Waals surface area contributed by atoms with E-state index in [0.717, 1.165) is 11.0 Å². The summed E-state index contributed by atoms with van der Waals surface area (Å²) in [5.74, 6) is 0.667. The molecule has 0 spiro atoms. The zero-order chi connectivity index (χ0) is 15.3. The second-order valence-corrected chi connectivity index (χ2v) is 6.61. The summed E-state index contributed by atoms with van der Waals surface area (Å²) in [7, 11) is 4.53. The van der Waals surface area contributed by atoms with Gasteiger partial charge in [-0.25, -0.2) is 0 Å². The van der Waals surface area contributed by atoms with Gasteiger partial charge in [0.15, 0.2) is 0 Å². The van der Waals surface area contributed by atoms with Gasteiger partial charge in [0.2, 0.25) is 0 Å². The summed E-state index contributed by atoms with van der Waals surface area (Å²) >= 11 is 0. The molecule has 0 heterocycles. The van der Waals surface area contributed by atoms with Crippen LogP contribution in [0.25, 0.3) is 0 Å². The van der Waals surface area contributed by atoms with Crippen molar-refractivity contribution >= 4 is 5.69 Å². The van der Waals surface area contributed by atoms with Crippen molar-refractivity contribution in [3.63, 3.8) is 0 Å². The molecule has 0 amide bonds. The lowest BCUT2D eigenvalue weighted by Crippen LogP contribution is -3.00. The number of halogens is 1. The number of rotatable bonds is 6. The van der Waals surface area contributed by atoms with Gasteiger partial charge in [-0.3, -0.25) is 4.48 Å². The molecule has 0 bridgehead atoms. The Labute approximate surface area is 142 Å². The molecule has 0 aliphatic rings. The standard InChI is InChI=1S/C20H28N.ClH/c1-5-9-17(2)19-14-12-18(13-15-19)16-21(3,4)20-10-7-6-8-11-20;/h6-8,10-15,17H,5,9,16H2,1-4H3;1H/q+1;/p-1. The van der Waals surface area contributed by atoms with E-state index in [1.54, 1.807) is 0 Å². The summed E-state index contributed by atoms with van der Waals surface area (Å²) in [6, 6.07) is 19.9. The molecule has 0 aliphatic carbocycles. The van der Waals surface area contributed by atoms with Crippen LogP contribution in [0.2, 0.25) is 0 Å². The Hall–Kier alpha value is -1.31. The van der Waals surface area contributed by atoms with Crippen LogP contribution in [0.15, 0.2) is 54.6 Å². The van der Waals surface area contributed by atoms with Gasteiger partial charge in [0, 0.05) is 5.56 Å². The van der Waals surface area contributed by atoms with Crippen LogP contribution in [0.1, 0.15) is 43.7 Å². The van der Waals surface area contributed by atoms with E-state index in [1.807, 2.05) is 0 Å². The predicted octanol–water partition coefficient (Wildman–Crippen LogP) is 2.36. The molecule has 0 aliphatic heterocycles. The topological polar surface area (TPSA) is 0 Å². The van der Waals surface area contributed by atoms with Crippen molar-refractivity contribution < 1.29 is 12.4 Å². The third kappa shape index (κ3) is 4.86. The van der Waals surface area contributed by atoms with Crippen molar-refractivity contribution in [1.82, 2.24) is 4.48 Å². The Balaban J connectivity index is 0.00000242. The minimum atomic E-state index is 0. The zero-order valence-corrected chi connectivity index (χ0v) is 15.0. The second kappa shape index (κ2) is 8.36. The monoisotopic (exact) mass is 317 g/mol. The Morgan fingerprint density at radius 3 is 2.05 bits per heavy atom. The van der Waals surface area contributed by atoms with Crippen LogP contribution in [0.4, 0.5) is 5.69 Å². The summed E-state index contributed by atoms with van der Waals surface area (Å²) in [5.41, 5.74) is 4.21. The Bertz CT molecular complexity index is 546. The Morgan fingerprint density at radius 1 is 0.909 bits per heavy atom. The highest BCUT2D eigenvalue weighted by atomic mass is 35.5. The molecule has 2 aromatic rings. The van der Waals surface area contributed by atoms with Gasteiger partial charge in [0.05, 0.1) is 14.1 Å². The minimum Gasteiger partial charge on any atom is -1.00 e. The van der Waals surface area contributed by atoms with E-state index >= 15 is 0 Å². The molecule has 0 aromatic heterocycles. The minimum absolute atomic E-state index is 0. The first-order valence-corrected chi connectivity index (χ1v) is 8.00. The predicted molar refractivity (Wildman–Crippen MR) is 93.6 cm³/mol. The highest BCUT2D eigenvalue weighted by Gasteiger charge is 2.19. The molecule has 0 saturated carbocycles. The summed E-state index contributed by atoms with van der Waals surface area (Å²) in [6.07, 6.45) is 2.52. The SMILES string of the molecule is CCCC(C)c1ccc(C[N+](C)(C)c2ccccc2)cc1.[Cl-]. The lowest BCUT2D eigenvalue weighted by molar-refractivity contribution is -0.00000471. The van der Waals surface area contributed by atoms with E-state index < -0.39 is 0 Å². The first-order valence-electron chi connectivity index (χ1n) is 8.00. The van der Waals surface area contributed by atoms with Crippen LogP contribution in [0, 0.1) is 0 Å².